The Balaban J connectivity index is 4.38. The summed E-state index contributed by atoms with van der Waals surface area (Å²) >= 11 is 0. The molecule has 0 aromatic heterocycles. The number of carbonyl (C=O) groups is 2. The molecule has 106 valence electrons. The fourth-order valence-electron chi connectivity index (χ4n) is 1.11. The predicted molar refractivity (Wildman–Crippen MR) is 63.3 cm³/mol. The fraction of sp³-hybridized carbons (Fsp3) is 0.778. The minimum atomic E-state index is -3.75. The van der Waals surface area contributed by atoms with Gasteiger partial charge in [-0.2, -0.15) is 0 Å². The second-order valence-electron chi connectivity index (χ2n) is 3.53. The van der Waals surface area contributed by atoms with Crippen LogP contribution in [0.2, 0.25) is 0 Å². The van der Waals surface area contributed by atoms with Crippen molar-refractivity contribution >= 4 is 21.9 Å². The lowest BCUT2D eigenvalue weighted by Crippen LogP contribution is -2.43. The topological polar surface area (TPSA) is 136 Å². The first-order chi connectivity index (χ1) is 8.28. The van der Waals surface area contributed by atoms with Crippen LogP contribution in [0.25, 0.3) is 0 Å². The summed E-state index contributed by atoms with van der Waals surface area (Å²) in [6.45, 7) is 2.07. The van der Waals surface area contributed by atoms with Crippen LogP contribution >= 0.6 is 0 Å². The first-order valence-corrected chi connectivity index (χ1v) is 7.02. The van der Waals surface area contributed by atoms with E-state index in [1.54, 1.807) is 6.92 Å². The molecular weight excluding hydrogens is 264 g/mol. The van der Waals surface area contributed by atoms with Gasteiger partial charge in [-0.15, -0.1) is 0 Å². The fourth-order valence-corrected chi connectivity index (χ4v) is 2.22. The van der Waals surface area contributed by atoms with E-state index in [1.807, 2.05) is 4.72 Å². The first kappa shape index (κ1) is 16.8. The van der Waals surface area contributed by atoms with Crippen LogP contribution < -0.4 is 10.5 Å². The number of primary amides is 1. The molecule has 0 aromatic rings. The number of aliphatic carboxylic acids is 1. The lowest BCUT2D eigenvalue weighted by molar-refractivity contribution is -0.139. The SMILES string of the molecule is CCOCCS(=O)(=O)N[C@@H](CCC(N)=O)C(=O)O. The van der Waals surface area contributed by atoms with Gasteiger partial charge in [0.05, 0.1) is 12.4 Å². The van der Waals surface area contributed by atoms with Crippen molar-refractivity contribution in [1.29, 1.82) is 0 Å². The van der Waals surface area contributed by atoms with Crippen molar-refractivity contribution in [2.24, 2.45) is 5.73 Å². The molecule has 0 fully saturated rings. The van der Waals surface area contributed by atoms with Crippen LogP contribution in [-0.4, -0.2) is 50.4 Å². The highest BCUT2D eigenvalue weighted by Gasteiger charge is 2.24. The Hall–Kier alpha value is -1.19. The van der Waals surface area contributed by atoms with Crippen LogP contribution in [-0.2, 0) is 24.3 Å². The first-order valence-electron chi connectivity index (χ1n) is 5.37. The zero-order valence-electron chi connectivity index (χ0n) is 10.1. The third-order valence-electron chi connectivity index (χ3n) is 2.00. The molecule has 0 unspecified atom stereocenters. The maximum absolute atomic E-state index is 11.5. The number of nitrogens with two attached hydrogens (primary N) is 1. The lowest BCUT2D eigenvalue weighted by Gasteiger charge is -2.13. The number of amides is 1. The standard InChI is InChI=1S/C9H18N2O6S/c1-2-17-5-6-18(15,16)11-7(9(13)14)3-4-8(10)12/h7,11H,2-6H2,1H3,(H2,10,12)(H,13,14)/t7-/m0/s1. The third kappa shape index (κ3) is 7.98. The normalized spacial score (nSPS) is 13.2. The highest BCUT2D eigenvalue weighted by molar-refractivity contribution is 7.89. The van der Waals surface area contributed by atoms with E-state index in [9.17, 15) is 18.0 Å². The van der Waals surface area contributed by atoms with E-state index in [-0.39, 0.29) is 25.2 Å². The summed E-state index contributed by atoms with van der Waals surface area (Å²) in [6, 6.07) is -1.36. The summed E-state index contributed by atoms with van der Waals surface area (Å²) in [5.74, 6) is -2.37. The Morgan fingerprint density at radius 3 is 2.50 bits per heavy atom. The van der Waals surface area contributed by atoms with Crippen molar-refractivity contribution in [3.05, 3.63) is 0 Å². The molecule has 0 saturated heterocycles. The Labute approximate surface area is 106 Å². The van der Waals surface area contributed by atoms with Crippen LogP contribution in [0.4, 0.5) is 0 Å². The summed E-state index contributed by atoms with van der Waals surface area (Å²) in [5, 5.41) is 8.81. The molecule has 0 bridgehead atoms. The van der Waals surface area contributed by atoms with Gasteiger partial charge in [0.1, 0.15) is 6.04 Å². The summed E-state index contributed by atoms with van der Waals surface area (Å²) in [5.41, 5.74) is 4.87. The summed E-state index contributed by atoms with van der Waals surface area (Å²) in [7, 11) is -3.75. The van der Waals surface area contributed by atoms with Gasteiger partial charge in [-0.05, 0) is 13.3 Å². The van der Waals surface area contributed by atoms with Crippen LogP contribution in [0, 0.1) is 0 Å². The van der Waals surface area contributed by atoms with Gasteiger partial charge < -0.3 is 15.6 Å². The van der Waals surface area contributed by atoms with Crippen LogP contribution in [0.3, 0.4) is 0 Å². The number of carboxylic acid groups (broad SMARTS) is 1. The van der Waals surface area contributed by atoms with Gasteiger partial charge in [-0.25, -0.2) is 13.1 Å². The largest absolute Gasteiger partial charge is 0.480 e. The van der Waals surface area contributed by atoms with E-state index < -0.39 is 27.9 Å². The number of carboxylic acids is 1. The monoisotopic (exact) mass is 282 g/mol. The summed E-state index contributed by atoms with van der Waals surface area (Å²) in [4.78, 5) is 21.3. The predicted octanol–water partition coefficient (Wildman–Crippen LogP) is -1.34. The highest BCUT2D eigenvalue weighted by Crippen LogP contribution is 2.00. The Kier molecular flexibility index (Phi) is 7.48. The minimum Gasteiger partial charge on any atom is -0.480 e. The van der Waals surface area contributed by atoms with E-state index in [0.717, 1.165) is 0 Å². The Morgan fingerprint density at radius 1 is 1.44 bits per heavy atom. The molecule has 0 aliphatic heterocycles. The average Bonchev–Trinajstić information content (AvgIpc) is 2.23. The molecule has 0 aliphatic rings. The van der Waals surface area contributed by atoms with Gasteiger partial charge in [0, 0.05) is 13.0 Å². The lowest BCUT2D eigenvalue weighted by atomic mass is 10.2. The number of nitrogens with one attached hydrogen (secondary N) is 1. The average molecular weight is 282 g/mol. The van der Waals surface area contributed by atoms with Crippen LogP contribution in [0.15, 0.2) is 0 Å². The highest BCUT2D eigenvalue weighted by atomic mass is 32.2. The van der Waals surface area contributed by atoms with Gasteiger partial charge in [0.2, 0.25) is 15.9 Å². The van der Waals surface area contributed by atoms with Gasteiger partial charge in [0.25, 0.3) is 0 Å². The van der Waals surface area contributed by atoms with Crippen molar-refractivity contribution in [3.63, 3.8) is 0 Å². The van der Waals surface area contributed by atoms with Crippen molar-refractivity contribution in [2.45, 2.75) is 25.8 Å². The zero-order valence-corrected chi connectivity index (χ0v) is 10.9. The van der Waals surface area contributed by atoms with Crippen LogP contribution in [0.1, 0.15) is 19.8 Å². The van der Waals surface area contributed by atoms with E-state index in [2.05, 4.69) is 0 Å². The number of carbonyl (C=O) groups excluding carboxylic acids is 1. The van der Waals surface area contributed by atoms with Gasteiger partial charge in [-0.1, -0.05) is 0 Å². The molecule has 0 radical (unpaired) electrons. The minimum absolute atomic E-state index is 0.0198. The molecule has 0 rings (SSSR count). The second kappa shape index (κ2) is 8.01. The quantitative estimate of drug-likeness (QED) is 0.424. The van der Waals surface area contributed by atoms with Gasteiger partial charge in [-0.3, -0.25) is 9.59 Å². The van der Waals surface area contributed by atoms with Crippen molar-refractivity contribution in [3.8, 4) is 0 Å². The zero-order chi connectivity index (χ0) is 14.2. The maximum Gasteiger partial charge on any atom is 0.321 e. The number of sulfonamides is 1. The van der Waals surface area contributed by atoms with Crippen molar-refractivity contribution in [2.75, 3.05) is 19.0 Å². The van der Waals surface area contributed by atoms with E-state index in [4.69, 9.17) is 15.6 Å². The molecule has 1 amide bonds. The summed E-state index contributed by atoms with van der Waals surface area (Å²) < 4.78 is 29.8. The molecule has 18 heavy (non-hydrogen) atoms. The van der Waals surface area contributed by atoms with Crippen LogP contribution in [0.5, 0.6) is 0 Å². The number of hydrogen-bond donors (Lipinski definition) is 3. The van der Waals surface area contributed by atoms with Crippen molar-refractivity contribution < 1.29 is 27.9 Å². The van der Waals surface area contributed by atoms with E-state index >= 15 is 0 Å². The number of hydrogen-bond acceptors (Lipinski definition) is 5. The third-order valence-corrected chi connectivity index (χ3v) is 3.35. The van der Waals surface area contributed by atoms with E-state index in [0.29, 0.717) is 6.61 Å². The molecular formula is C9H18N2O6S. The van der Waals surface area contributed by atoms with Gasteiger partial charge in [0.15, 0.2) is 0 Å². The second-order valence-corrected chi connectivity index (χ2v) is 5.40. The smallest absolute Gasteiger partial charge is 0.321 e. The molecule has 0 heterocycles. The number of rotatable bonds is 10. The molecule has 8 nitrogen and oxygen atoms in total. The maximum atomic E-state index is 11.5. The molecule has 1 atom stereocenters. The van der Waals surface area contributed by atoms with Gasteiger partial charge >= 0.3 is 5.97 Å². The molecule has 0 saturated carbocycles. The van der Waals surface area contributed by atoms with E-state index in [1.165, 1.54) is 0 Å². The summed E-state index contributed by atoms with van der Waals surface area (Å²) in [6.07, 6.45) is -0.385. The molecule has 0 spiro atoms. The Morgan fingerprint density at radius 2 is 2.06 bits per heavy atom. The molecule has 9 heteroatoms. The number of ether oxygens (including phenoxy) is 1. The molecule has 0 aromatic carbocycles. The molecule has 4 N–H and O–H groups in total. The van der Waals surface area contributed by atoms with Crippen molar-refractivity contribution in [1.82, 2.24) is 4.72 Å². The molecule has 0 aliphatic carbocycles. The Bertz CT molecular complexity index is 381.